The van der Waals surface area contributed by atoms with Crippen LogP contribution < -0.4 is 14.8 Å². The highest BCUT2D eigenvalue weighted by Gasteiger charge is 2.30. The molecular formula is C21H21NO5S2. The summed E-state index contributed by atoms with van der Waals surface area (Å²) in [5.74, 6) is 0.537. The minimum atomic E-state index is -3.67. The van der Waals surface area contributed by atoms with Gasteiger partial charge in [0.1, 0.15) is 5.25 Å². The first-order chi connectivity index (χ1) is 14.0. The Labute approximate surface area is 174 Å². The molecule has 1 atom stereocenters. The first-order valence-electron chi connectivity index (χ1n) is 8.80. The second kappa shape index (κ2) is 9.11. The number of hydrogen-bond donors (Lipinski definition) is 1. The molecule has 0 bridgehead atoms. The van der Waals surface area contributed by atoms with Crippen LogP contribution in [0.15, 0.2) is 70.9 Å². The van der Waals surface area contributed by atoms with E-state index in [1.807, 2.05) is 5.38 Å². The Bertz CT molecular complexity index is 1060. The van der Waals surface area contributed by atoms with E-state index < -0.39 is 21.0 Å². The van der Waals surface area contributed by atoms with Gasteiger partial charge in [0.25, 0.3) is 5.91 Å². The molecule has 1 amide bonds. The van der Waals surface area contributed by atoms with Crippen LogP contribution in [-0.2, 0) is 9.84 Å². The van der Waals surface area contributed by atoms with E-state index in [0.717, 1.165) is 0 Å². The minimum Gasteiger partial charge on any atom is -0.493 e. The molecule has 1 heterocycles. The largest absolute Gasteiger partial charge is 0.493 e. The Kier molecular flexibility index (Phi) is 6.56. The molecule has 3 aromatic rings. The van der Waals surface area contributed by atoms with Crippen molar-refractivity contribution in [2.24, 2.45) is 0 Å². The Morgan fingerprint density at radius 2 is 1.72 bits per heavy atom. The summed E-state index contributed by atoms with van der Waals surface area (Å²) in [6, 6.07) is 16.6. The van der Waals surface area contributed by atoms with Gasteiger partial charge in [0.2, 0.25) is 0 Å². The van der Waals surface area contributed by atoms with Gasteiger partial charge < -0.3 is 14.8 Å². The molecule has 8 heteroatoms. The molecule has 0 aliphatic heterocycles. The summed E-state index contributed by atoms with van der Waals surface area (Å²) in [6.45, 7) is -0.0507. The number of rotatable bonds is 8. The van der Waals surface area contributed by atoms with Crippen LogP contribution >= 0.6 is 11.3 Å². The fourth-order valence-electron chi connectivity index (χ4n) is 2.88. The van der Waals surface area contributed by atoms with E-state index in [0.29, 0.717) is 21.9 Å². The summed E-state index contributed by atoms with van der Waals surface area (Å²) in [6.07, 6.45) is 0. The SMILES string of the molecule is COc1ccc(C(=O)NC[C@H](c2cccs2)S(=O)(=O)c2ccccc2)cc1OC. The summed E-state index contributed by atoms with van der Waals surface area (Å²) >= 11 is 1.34. The van der Waals surface area contributed by atoms with Crippen LogP contribution in [0.1, 0.15) is 20.5 Å². The fourth-order valence-corrected chi connectivity index (χ4v) is 5.68. The summed E-state index contributed by atoms with van der Waals surface area (Å²) in [4.78, 5) is 13.5. The number of carbonyl (C=O) groups is 1. The lowest BCUT2D eigenvalue weighted by Gasteiger charge is -2.18. The van der Waals surface area contributed by atoms with Gasteiger partial charge in [-0.1, -0.05) is 24.3 Å². The molecule has 3 rings (SSSR count). The van der Waals surface area contributed by atoms with Crippen molar-refractivity contribution in [1.82, 2.24) is 5.32 Å². The van der Waals surface area contributed by atoms with E-state index in [2.05, 4.69) is 5.32 Å². The molecule has 0 aliphatic carbocycles. The van der Waals surface area contributed by atoms with Gasteiger partial charge in [0.05, 0.1) is 19.1 Å². The fraction of sp³-hybridized carbons (Fsp3) is 0.190. The number of carbonyl (C=O) groups excluding carboxylic acids is 1. The minimum absolute atomic E-state index is 0.0507. The van der Waals surface area contributed by atoms with Crippen molar-refractivity contribution in [2.45, 2.75) is 10.1 Å². The second-order valence-corrected chi connectivity index (χ2v) is 9.25. The first kappa shape index (κ1) is 20.9. The van der Waals surface area contributed by atoms with Gasteiger partial charge in [-0.05, 0) is 41.8 Å². The van der Waals surface area contributed by atoms with Crippen molar-refractivity contribution in [2.75, 3.05) is 20.8 Å². The third kappa shape index (κ3) is 4.60. The van der Waals surface area contributed by atoms with Crippen LogP contribution in [0.2, 0.25) is 0 Å². The Hall–Kier alpha value is -2.84. The number of amides is 1. The summed E-state index contributed by atoms with van der Waals surface area (Å²) in [5, 5.41) is 3.68. The van der Waals surface area contributed by atoms with Crippen LogP contribution in [0.5, 0.6) is 11.5 Å². The standard InChI is InChI=1S/C21H21NO5S2/c1-26-17-11-10-15(13-18(17)27-2)21(23)22-14-20(19-9-6-12-28-19)29(24,25)16-7-4-3-5-8-16/h3-13,20H,14H2,1-2H3,(H,22,23)/t20-/m1/s1. The van der Waals surface area contributed by atoms with Gasteiger partial charge in [-0.3, -0.25) is 4.79 Å². The molecule has 2 aromatic carbocycles. The highest BCUT2D eigenvalue weighted by molar-refractivity contribution is 7.91. The van der Waals surface area contributed by atoms with E-state index in [-0.39, 0.29) is 11.4 Å². The number of nitrogens with one attached hydrogen (secondary N) is 1. The zero-order valence-corrected chi connectivity index (χ0v) is 17.6. The maximum atomic E-state index is 13.2. The van der Waals surface area contributed by atoms with Crippen molar-refractivity contribution in [3.05, 3.63) is 76.5 Å². The molecule has 1 N–H and O–H groups in total. The average molecular weight is 432 g/mol. The lowest BCUT2D eigenvalue weighted by atomic mass is 10.2. The van der Waals surface area contributed by atoms with Crippen LogP contribution in [0.4, 0.5) is 0 Å². The smallest absolute Gasteiger partial charge is 0.251 e. The molecule has 0 fully saturated rings. The van der Waals surface area contributed by atoms with Crippen molar-refractivity contribution < 1.29 is 22.7 Å². The molecule has 0 spiro atoms. The molecule has 29 heavy (non-hydrogen) atoms. The van der Waals surface area contributed by atoms with Gasteiger partial charge in [-0.25, -0.2) is 8.42 Å². The number of benzene rings is 2. The highest BCUT2D eigenvalue weighted by Crippen LogP contribution is 2.32. The number of ether oxygens (including phenoxy) is 2. The maximum Gasteiger partial charge on any atom is 0.251 e. The topological polar surface area (TPSA) is 81.7 Å². The summed E-state index contributed by atoms with van der Waals surface area (Å²) in [7, 11) is -0.678. The molecule has 152 valence electrons. The lowest BCUT2D eigenvalue weighted by molar-refractivity contribution is 0.0953. The molecule has 0 unspecified atom stereocenters. The highest BCUT2D eigenvalue weighted by atomic mass is 32.2. The summed E-state index contributed by atoms with van der Waals surface area (Å²) in [5.41, 5.74) is 0.352. The van der Waals surface area contributed by atoms with Crippen molar-refractivity contribution in [3.8, 4) is 11.5 Å². The van der Waals surface area contributed by atoms with Gasteiger partial charge in [0, 0.05) is 17.0 Å². The number of hydrogen-bond acceptors (Lipinski definition) is 6. The van der Waals surface area contributed by atoms with E-state index in [4.69, 9.17) is 9.47 Å². The second-order valence-electron chi connectivity index (χ2n) is 6.14. The number of methoxy groups -OCH3 is 2. The molecular weight excluding hydrogens is 410 g/mol. The molecule has 0 saturated heterocycles. The predicted molar refractivity (Wildman–Crippen MR) is 113 cm³/mol. The first-order valence-corrected chi connectivity index (χ1v) is 11.2. The van der Waals surface area contributed by atoms with Gasteiger partial charge >= 0.3 is 0 Å². The third-order valence-electron chi connectivity index (χ3n) is 4.40. The maximum absolute atomic E-state index is 13.2. The molecule has 0 aliphatic rings. The summed E-state index contributed by atoms with van der Waals surface area (Å²) < 4.78 is 36.8. The Balaban J connectivity index is 1.84. The van der Waals surface area contributed by atoms with E-state index in [9.17, 15) is 13.2 Å². The zero-order valence-electron chi connectivity index (χ0n) is 16.0. The number of sulfone groups is 1. The van der Waals surface area contributed by atoms with E-state index in [1.165, 1.54) is 25.6 Å². The average Bonchev–Trinajstić information content (AvgIpc) is 3.28. The Morgan fingerprint density at radius 3 is 2.34 bits per heavy atom. The van der Waals surface area contributed by atoms with Crippen LogP contribution in [0.3, 0.4) is 0 Å². The molecule has 6 nitrogen and oxygen atoms in total. The van der Waals surface area contributed by atoms with Crippen LogP contribution in [0, 0.1) is 0 Å². The van der Waals surface area contributed by atoms with Gasteiger partial charge in [-0.2, -0.15) is 0 Å². The van der Waals surface area contributed by atoms with E-state index >= 15 is 0 Å². The van der Waals surface area contributed by atoms with Gasteiger partial charge in [-0.15, -0.1) is 11.3 Å². The van der Waals surface area contributed by atoms with Crippen LogP contribution in [0.25, 0.3) is 0 Å². The number of thiophene rings is 1. The van der Waals surface area contributed by atoms with Crippen molar-refractivity contribution >= 4 is 27.1 Å². The lowest BCUT2D eigenvalue weighted by Crippen LogP contribution is -2.31. The molecule has 0 saturated carbocycles. The Morgan fingerprint density at radius 1 is 1.00 bits per heavy atom. The monoisotopic (exact) mass is 431 g/mol. The van der Waals surface area contributed by atoms with E-state index in [1.54, 1.807) is 60.7 Å². The normalized spacial score (nSPS) is 12.2. The van der Waals surface area contributed by atoms with Crippen LogP contribution in [-0.4, -0.2) is 35.1 Å². The molecule has 0 radical (unpaired) electrons. The van der Waals surface area contributed by atoms with Crippen molar-refractivity contribution in [3.63, 3.8) is 0 Å². The molecule has 1 aromatic heterocycles. The zero-order chi connectivity index (χ0) is 20.9. The quantitative estimate of drug-likeness (QED) is 0.588. The van der Waals surface area contributed by atoms with Crippen molar-refractivity contribution in [1.29, 1.82) is 0 Å². The third-order valence-corrected chi connectivity index (χ3v) is 7.63. The predicted octanol–water partition coefficient (Wildman–Crippen LogP) is 3.71. The van der Waals surface area contributed by atoms with Gasteiger partial charge in [0.15, 0.2) is 21.3 Å².